The molecule has 8 heteroatoms. The Hall–Kier alpha value is -2.67. The van der Waals surface area contributed by atoms with Gasteiger partial charge >= 0.3 is 0 Å². The first-order chi connectivity index (χ1) is 14.0. The zero-order chi connectivity index (χ0) is 20.4. The van der Waals surface area contributed by atoms with Crippen molar-refractivity contribution in [3.8, 4) is 27.6 Å². The van der Waals surface area contributed by atoms with E-state index in [1.807, 2.05) is 48.7 Å². The Morgan fingerprint density at radius 3 is 2.41 bits per heavy atom. The van der Waals surface area contributed by atoms with Gasteiger partial charge in [-0.05, 0) is 19.1 Å². The SMILES string of the molecule is Cc1ccc(-c2csc(-n3nc(-c4ccc(Cl)cc4)cc3NC(=O)CCl)n2)cc1. The highest BCUT2D eigenvalue weighted by molar-refractivity contribution is 7.12. The Kier molecular flexibility index (Phi) is 5.67. The normalized spacial score (nSPS) is 10.9. The monoisotopic (exact) mass is 442 g/mol. The Balaban J connectivity index is 1.74. The second kappa shape index (κ2) is 8.37. The third-order valence-electron chi connectivity index (χ3n) is 4.26. The number of thiazole rings is 1. The fourth-order valence-electron chi connectivity index (χ4n) is 2.77. The summed E-state index contributed by atoms with van der Waals surface area (Å²) >= 11 is 13.1. The molecular weight excluding hydrogens is 427 g/mol. The van der Waals surface area contributed by atoms with Gasteiger partial charge in [0.1, 0.15) is 11.7 Å². The van der Waals surface area contributed by atoms with Crippen LogP contribution >= 0.6 is 34.5 Å². The molecule has 2 heterocycles. The second-order valence-corrected chi connectivity index (χ2v) is 7.94. The van der Waals surface area contributed by atoms with Gasteiger partial charge < -0.3 is 5.32 Å². The van der Waals surface area contributed by atoms with E-state index >= 15 is 0 Å². The number of hydrogen-bond acceptors (Lipinski definition) is 4. The minimum Gasteiger partial charge on any atom is -0.309 e. The summed E-state index contributed by atoms with van der Waals surface area (Å²) in [5.74, 6) is 0.0460. The van der Waals surface area contributed by atoms with Gasteiger partial charge in [-0.25, -0.2) is 4.98 Å². The van der Waals surface area contributed by atoms with Crippen molar-refractivity contribution in [2.45, 2.75) is 6.92 Å². The van der Waals surface area contributed by atoms with Gasteiger partial charge in [0, 0.05) is 27.6 Å². The quantitative estimate of drug-likeness (QED) is 0.397. The number of benzene rings is 2. The van der Waals surface area contributed by atoms with Gasteiger partial charge in [-0.1, -0.05) is 53.6 Å². The van der Waals surface area contributed by atoms with Crippen molar-refractivity contribution in [2.24, 2.45) is 0 Å². The van der Waals surface area contributed by atoms with E-state index in [0.29, 0.717) is 21.7 Å². The molecule has 4 rings (SSSR count). The van der Waals surface area contributed by atoms with Crippen LogP contribution in [0, 0.1) is 6.92 Å². The number of nitrogens with zero attached hydrogens (tertiary/aromatic N) is 3. The molecule has 0 aliphatic rings. The van der Waals surface area contributed by atoms with Crippen LogP contribution in [0.2, 0.25) is 5.02 Å². The van der Waals surface area contributed by atoms with Crippen LogP contribution in [0.15, 0.2) is 60.0 Å². The number of amides is 1. The molecule has 4 aromatic rings. The van der Waals surface area contributed by atoms with Crippen molar-refractivity contribution in [3.63, 3.8) is 0 Å². The number of carbonyl (C=O) groups is 1. The Morgan fingerprint density at radius 2 is 1.72 bits per heavy atom. The predicted molar refractivity (Wildman–Crippen MR) is 119 cm³/mol. The molecule has 0 saturated carbocycles. The summed E-state index contributed by atoms with van der Waals surface area (Å²) in [6.45, 7) is 2.05. The van der Waals surface area contributed by atoms with Crippen LogP contribution in [0.4, 0.5) is 5.82 Å². The molecule has 0 unspecified atom stereocenters. The van der Waals surface area contributed by atoms with Crippen molar-refractivity contribution in [1.82, 2.24) is 14.8 Å². The third kappa shape index (κ3) is 4.34. The van der Waals surface area contributed by atoms with Gasteiger partial charge in [0.25, 0.3) is 0 Å². The lowest BCUT2D eigenvalue weighted by molar-refractivity contribution is -0.114. The summed E-state index contributed by atoms with van der Waals surface area (Å²) in [6, 6.07) is 17.3. The number of aryl methyl sites for hydroxylation is 1. The molecule has 1 N–H and O–H groups in total. The minimum atomic E-state index is -0.314. The fraction of sp³-hybridized carbons (Fsp3) is 0.0952. The Labute approximate surface area is 181 Å². The zero-order valence-corrected chi connectivity index (χ0v) is 17.7. The Morgan fingerprint density at radius 1 is 1.07 bits per heavy atom. The average molecular weight is 443 g/mol. The lowest BCUT2D eigenvalue weighted by Crippen LogP contribution is -2.15. The van der Waals surface area contributed by atoms with Gasteiger partial charge in [0.15, 0.2) is 0 Å². The number of hydrogen-bond donors (Lipinski definition) is 1. The number of aromatic nitrogens is 3. The van der Waals surface area contributed by atoms with Gasteiger partial charge in [-0.15, -0.1) is 22.9 Å². The number of rotatable bonds is 5. The maximum atomic E-state index is 11.9. The van der Waals surface area contributed by atoms with E-state index in [9.17, 15) is 4.79 Å². The van der Waals surface area contributed by atoms with Crippen molar-refractivity contribution >= 4 is 46.3 Å². The van der Waals surface area contributed by atoms with Crippen LogP contribution in [0.25, 0.3) is 27.6 Å². The molecule has 146 valence electrons. The molecule has 0 saturated heterocycles. The number of anilines is 1. The number of alkyl halides is 1. The first-order valence-electron chi connectivity index (χ1n) is 8.78. The van der Waals surface area contributed by atoms with Crippen LogP contribution in [-0.2, 0) is 4.79 Å². The van der Waals surface area contributed by atoms with E-state index in [-0.39, 0.29) is 11.8 Å². The number of nitrogens with one attached hydrogen (secondary N) is 1. The van der Waals surface area contributed by atoms with Gasteiger partial charge in [-0.3, -0.25) is 4.79 Å². The molecule has 1 amide bonds. The summed E-state index contributed by atoms with van der Waals surface area (Å²) in [5, 5.41) is 10.7. The van der Waals surface area contributed by atoms with E-state index < -0.39 is 0 Å². The van der Waals surface area contributed by atoms with E-state index in [1.54, 1.807) is 22.9 Å². The first kappa shape index (κ1) is 19.6. The molecule has 0 aliphatic heterocycles. The molecule has 0 fully saturated rings. The smallest absolute Gasteiger partial charge is 0.240 e. The molecular formula is C21H16Cl2N4OS. The minimum absolute atomic E-state index is 0.145. The molecule has 0 radical (unpaired) electrons. The third-order valence-corrected chi connectivity index (χ3v) is 5.57. The van der Waals surface area contributed by atoms with Crippen LogP contribution in [0.5, 0.6) is 0 Å². The van der Waals surface area contributed by atoms with Crippen LogP contribution in [-0.4, -0.2) is 26.6 Å². The van der Waals surface area contributed by atoms with Gasteiger partial charge in [-0.2, -0.15) is 9.78 Å². The zero-order valence-electron chi connectivity index (χ0n) is 15.4. The van der Waals surface area contributed by atoms with Crippen molar-refractivity contribution in [2.75, 3.05) is 11.2 Å². The van der Waals surface area contributed by atoms with Gasteiger partial charge in [0.2, 0.25) is 11.0 Å². The molecule has 0 aliphatic carbocycles. The van der Waals surface area contributed by atoms with Crippen LogP contribution in [0.3, 0.4) is 0 Å². The predicted octanol–water partition coefficient (Wildman–Crippen LogP) is 5.80. The van der Waals surface area contributed by atoms with Crippen molar-refractivity contribution in [1.29, 1.82) is 0 Å². The highest BCUT2D eigenvalue weighted by Crippen LogP contribution is 2.29. The van der Waals surface area contributed by atoms with Crippen molar-refractivity contribution in [3.05, 3.63) is 70.6 Å². The maximum absolute atomic E-state index is 11.9. The number of halogens is 2. The van der Waals surface area contributed by atoms with E-state index in [2.05, 4.69) is 10.4 Å². The molecule has 5 nitrogen and oxygen atoms in total. The van der Waals surface area contributed by atoms with E-state index in [1.165, 1.54) is 16.9 Å². The standard InChI is InChI=1S/C21H16Cl2N4OS/c1-13-2-4-15(5-3-13)18-12-29-21(24-18)27-19(25-20(28)11-22)10-17(26-27)14-6-8-16(23)9-7-14/h2-10,12H,11H2,1H3,(H,25,28). The molecule has 2 aromatic carbocycles. The summed E-state index contributed by atoms with van der Waals surface area (Å²) < 4.78 is 1.62. The van der Waals surface area contributed by atoms with E-state index in [4.69, 9.17) is 28.2 Å². The van der Waals surface area contributed by atoms with E-state index in [0.717, 1.165) is 16.8 Å². The summed E-state index contributed by atoms with van der Waals surface area (Å²) in [7, 11) is 0. The average Bonchev–Trinajstić information content (AvgIpc) is 3.36. The second-order valence-electron chi connectivity index (χ2n) is 6.40. The molecule has 0 spiro atoms. The number of carbonyl (C=O) groups excluding carboxylic acids is 1. The Bertz CT molecular complexity index is 1150. The lowest BCUT2D eigenvalue weighted by Gasteiger charge is -2.04. The van der Waals surface area contributed by atoms with Crippen LogP contribution < -0.4 is 5.32 Å². The fourth-order valence-corrected chi connectivity index (χ4v) is 3.76. The van der Waals surface area contributed by atoms with Crippen molar-refractivity contribution < 1.29 is 4.79 Å². The lowest BCUT2D eigenvalue weighted by atomic mass is 10.1. The summed E-state index contributed by atoms with van der Waals surface area (Å²) in [5.41, 5.74) is 4.64. The highest BCUT2D eigenvalue weighted by Gasteiger charge is 2.16. The molecule has 29 heavy (non-hydrogen) atoms. The first-order valence-corrected chi connectivity index (χ1v) is 10.6. The topological polar surface area (TPSA) is 59.8 Å². The molecule has 0 bridgehead atoms. The van der Waals surface area contributed by atoms with Gasteiger partial charge in [0.05, 0.1) is 11.4 Å². The summed E-state index contributed by atoms with van der Waals surface area (Å²) in [6.07, 6.45) is 0. The maximum Gasteiger partial charge on any atom is 0.240 e. The largest absolute Gasteiger partial charge is 0.309 e. The molecule has 2 aromatic heterocycles. The highest BCUT2D eigenvalue weighted by atomic mass is 35.5. The molecule has 0 atom stereocenters. The summed E-state index contributed by atoms with van der Waals surface area (Å²) in [4.78, 5) is 16.6. The van der Waals surface area contributed by atoms with Crippen LogP contribution in [0.1, 0.15) is 5.56 Å².